The molecule has 1 amide bonds. The summed E-state index contributed by atoms with van der Waals surface area (Å²) in [5.74, 6) is -0.386. The number of hydrogen-bond acceptors (Lipinski definition) is 7. The van der Waals surface area contributed by atoms with Gasteiger partial charge in [0.2, 0.25) is 0 Å². The van der Waals surface area contributed by atoms with Crippen LogP contribution in [0, 0.1) is 0 Å². The Morgan fingerprint density at radius 2 is 1.94 bits per heavy atom. The van der Waals surface area contributed by atoms with Crippen LogP contribution in [0.15, 0.2) is 47.4 Å². The van der Waals surface area contributed by atoms with E-state index in [-0.39, 0.29) is 16.4 Å². The lowest BCUT2D eigenvalue weighted by Gasteiger charge is -2.28. The van der Waals surface area contributed by atoms with Gasteiger partial charge in [0.15, 0.2) is 15.0 Å². The predicted molar refractivity (Wildman–Crippen MR) is 128 cm³/mol. The number of thiazole rings is 1. The summed E-state index contributed by atoms with van der Waals surface area (Å²) >= 11 is 7.67. The summed E-state index contributed by atoms with van der Waals surface area (Å²) in [5, 5.41) is 1.02. The Morgan fingerprint density at radius 1 is 1.19 bits per heavy atom. The first-order valence-corrected chi connectivity index (χ1v) is 13.4. The molecule has 4 rings (SSSR count). The number of ether oxygens (including phenoxy) is 1. The second-order valence-corrected chi connectivity index (χ2v) is 11.0. The van der Waals surface area contributed by atoms with Crippen molar-refractivity contribution in [3.8, 4) is 0 Å². The second kappa shape index (κ2) is 9.84. The predicted octanol–water partition coefficient (Wildman–Crippen LogP) is 3.72. The molecule has 1 saturated heterocycles. The highest BCUT2D eigenvalue weighted by atomic mass is 35.5. The number of benzene rings is 2. The van der Waals surface area contributed by atoms with Gasteiger partial charge in [-0.3, -0.25) is 14.6 Å². The molecule has 170 valence electrons. The van der Waals surface area contributed by atoms with E-state index in [1.807, 2.05) is 12.1 Å². The van der Waals surface area contributed by atoms with E-state index in [9.17, 15) is 13.2 Å². The number of aromatic nitrogens is 1. The topological polar surface area (TPSA) is 79.8 Å². The molecule has 0 radical (unpaired) electrons. The van der Waals surface area contributed by atoms with E-state index in [4.69, 9.17) is 16.3 Å². The van der Waals surface area contributed by atoms with Crippen LogP contribution in [-0.4, -0.2) is 69.9 Å². The first-order chi connectivity index (χ1) is 15.3. The Kier molecular flexibility index (Phi) is 7.11. The molecule has 3 aromatic rings. The van der Waals surface area contributed by atoms with Crippen LogP contribution in [0.3, 0.4) is 0 Å². The third-order valence-corrected chi connectivity index (χ3v) is 7.81. The third-order valence-electron chi connectivity index (χ3n) is 5.31. The number of anilines is 1. The fourth-order valence-corrected chi connectivity index (χ4v) is 5.86. The molecule has 0 spiro atoms. The van der Waals surface area contributed by atoms with Crippen molar-refractivity contribution in [2.24, 2.45) is 0 Å². The van der Waals surface area contributed by atoms with Gasteiger partial charge in [-0.2, -0.15) is 0 Å². The molecule has 0 atom stereocenters. The maximum atomic E-state index is 13.6. The molecule has 0 bridgehead atoms. The summed E-state index contributed by atoms with van der Waals surface area (Å²) < 4.78 is 30.9. The maximum absolute atomic E-state index is 13.6. The Bertz CT molecular complexity index is 1220. The standard InChI is InChI=1S/C22H24ClN3O4S2/c1-32(28,29)19-9-3-2-6-16(19)21(27)26(11-5-10-25-12-14-30-15-13-25)22-24-20-17(23)7-4-8-18(20)31-22/h2-4,6-9H,5,10-15H2,1H3. The van der Waals surface area contributed by atoms with Crippen molar-refractivity contribution >= 4 is 54.0 Å². The molecule has 2 heterocycles. The molecule has 10 heteroatoms. The fraction of sp³-hybridized carbons (Fsp3) is 0.364. The average molecular weight is 494 g/mol. The number of carbonyl (C=O) groups excluding carboxylic acids is 1. The minimum Gasteiger partial charge on any atom is -0.379 e. The monoisotopic (exact) mass is 493 g/mol. The molecular formula is C22H24ClN3O4S2. The molecule has 2 aromatic carbocycles. The quantitative estimate of drug-likeness (QED) is 0.499. The van der Waals surface area contributed by atoms with Crippen LogP contribution >= 0.6 is 22.9 Å². The number of fused-ring (bicyclic) bond motifs is 1. The zero-order chi connectivity index (χ0) is 22.7. The number of nitrogens with zero attached hydrogens (tertiary/aromatic N) is 3. The molecular weight excluding hydrogens is 470 g/mol. The molecule has 7 nitrogen and oxygen atoms in total. The smallest absolute Gasteiger partial charge is 0.261 e. The van der Waals surface area contributed by atoms with Crippen molar-refractivity contribution < 1.29 is 17.9 Å². The highest BCUT2D eigenvalue weighted by molar-refractivity contribution is 7.90. The van der Waals surface area contributed by atoms with Gasteiger partial charge in [-0.15, -0.1) is 0 Å². The number of halogens is 1. The normalized spacial score (nSPS) is 15.2. The summed E-state index contributed by atoms with van der Waals surface area (Å²) in [6.45, 7) is 4.36. The number of amides is 1. The van der Waals surface area contributed by atoms with Gasteiger partial charge in [-0.1, -0.05) is 41.1 Å². The number of sulfone groups is 1. The van der Waals surface area contributed by atoms with Crippen molar-refractivity contribution in [3.63, 3.8) is 0 Å². The number of para-hydroxylation sites is 1. The zero-order valence-corrected chi connectivity index (χ0v) is 20.0. The minimum absolute atomic E-state index is 0.0160. The Labute approximate surface area is 196 Å². The van der Waals surface area contributed by atoms with Crippen LogP contribution in [0.5, 0.6) is 0 Å². The van der Waals surface area contributed by atoms with Crippen molar-refractivity contribution in [2.75, 3.05) is 50.5 Å². The van der Waals surface area contributed by atoms with Crippen LogP contribution in [-0.2, 0) is 14.6 Å². The molecule has 0 aliphatic carbocycles. The van der Waals surface area contributed by atoms with Gasteiger partial charge in [-0.25, -0.2) is 13.4 Å². The van der Waals surface area contributed by atoms with Crippen LogP contribution in [0.1, 0.15) is 16.8 Å². The van der Waals surface area contributed by atoms with Gasteiger partial charge in [0, 0.05) is 32.4 Å². The number of hydrogen-bond donors (Lipinski definition) is 0. The number of carbonyl (C=O) groups is 1. The Hall–Kier alpha value is -2.04. The van der Waals surface area contributed by atoms with Crippen LogP contribution in [0.2, 0.25) is 5.02 Å². The first kappa shape index (κ1) is 23.1. The largest absolute Gasteiger partial charge is 0.379 e. The van der Waals surface area contributed by atoms with Gasteiger partial charge >= 0.3 is 0 Å². The molecule has 1 fully saturated rings. The van der Waals surface area contributed by atoms with Gasteiger partial charge in [0.1, 0.15) is 5.52 Å². The molecule has 1 aliphatic heterocycles. The molecule has 0 saturated carbocycles. The first-order valence-electron chi connectivity index (χ1n) is 10.3. The lowest BCUT2D eigenvalue weighted by Crippen LogP contribution is -2.39. The lowest BCUT2D eigenvalue weighted by molar-refractivity contribution is 0.0376. The summed E-state index contributed by atoms with van der Waals surface area (Å²) in [6.07, 6.45) is 1.83. The zero-order valence-electron chi connectivity index (χ0n) is 17.7. The van der Waals surface area contributed by atoms with Crippen molar-refractivity contribution in [3.05, 3.63) is 53.1 Å². The summed E-state index contributed by atoms with van der Waals surface area (Å²) in [7, 11) is -3.57. The van der Waals surface area contributed by atoms with Crippen LogP contribution in [0.4, 0.5) is 5.13 Å². The lowest BCUT2D eigenvalue weighted by atomic mass is 10.2. The average Bonchev–Trinajstić information content (AvgIpc) is 3.22. The molecule has 32 heavy (non-hydrogen) atoms. The van der Waals surface area contributed by atoms with E-state index >= 15 is 0 Å². The van der Waals surface area contributed by atoms with Crippen LogP contribution < -0.4 is 4.90 Å². The van der Waals surface area contributed by atoms with E-state index in [2.05, 4.69) is 9.88 Å². The van der Waals surface area contributed by atoms with Gasteiger partial charge < -0.3 is 4.74 Å². The Morgan fingerprint density at radius 3 is 2.66 bits per heavy atom. The van der Waals surface area contributed by atoms with E-state index in [1.54, 1.807) is 29.2 Å². The summed E-state index contributed by atoms with van der Waals surface area (Å²) in [4.78, 5) is 22.1. The summed E-state index contributed by atoms with van der Waals surface area (Å²) in [6, 6.07) is 11.8. The Balaban J connectivity index is 1.66. The molecule has 1 aliphatic rings. The van der Waals surface area contributed by atoms with E-state index in [1.165, 1.54) is 17.4 Å². The van der Waals surface area contributed by atoms with Crippen LogP contribution in [0.25, 0.3) is 10.2 Å². The van der Waals surface area contributed by atoms with Gasteiger partial charge in [-0.05, 0) is 30.7 Å². The summed E-state index contributed by atoms with van der Waals surface area (Å²) in [5.41, 5.74) is 0.781. The van der Waals surface area contributed by atoms with Crippen molar-refractivity contribution in [1.82, 2.24) is 9.88 Å². The highest BCUT2D eigenvalue weighted by Gasteiger charge is 2.26. The van der Waals surface area contributed by atoms with Crippen molar-refractivity contribution in [2.45, 2.75) is 11.3 Å². The minimum atomic E-state index is -3.57. The molecule has 0 N–H and O–H groups in total. The third kappa shape index (κ3) is 5.13. The van der Waals surface area contributed by atoms with E-state index in [0.29, 0.717) is 35.4 Å². The van der Waals surface area contributed by atoms with E-state index in [0.717, 1.165) is 37.0 Å². The molecule has 1 aromatic heterocycles. The van der Waals surface area contributed by atoms with E-state index < -0.39 is 9.84 Å². The molecule has 0 unspecified atom stereocenters. The SMILES string of the molecule is CS(=O)(=O)c1ccccc1C(=O)N(CCCN1CCOCC1)c1nc2c(Cl)cccc2s1. The second-order valence-electron chi connectivity index (χ2n) is 7.62. The van der Waals surface area contributed by atoms with Gasteiger partial charge in [0.05, 0.1) is 33.4 Å². The highest BCUT2D eigenvalue weighted by Crippen LogP contribution is 2.34. The number of morpholine rings is 1. The van der Waals surface area contributed by atoms with Gasteiger partial charge in [0.25, 0.3) is 5.91 Å². The fourth-order valence-electron chi connectivity index (χ4n) is 3.69. The maximum Gasteiger partial charge on any atom is 0.261 e. The number of rotatable bonds is 7. The van der Waals surface area contributed by atoms with Crippen molar-refractivity contribution in [1.29, 1.82) is 0 Å².